The Labute approximate surface area is 211 Å². The van der Waals surface area contributed by atoms with E-state index in [0.717, 1.165) is 15.9 Å². The SMILES string of the molecule is CCOC(=O)C1=C(C(F)(F)F)N=c2s/c(=C\c3ccc(OC)c(O)c3)c(=O)n2[C@@H]1c1ccc(Cl)cc1. The van der Waals surface area contributed by atoms with Gasteiger partial charge in [0.15, 0.2) is 22.0 Å². The molecule has 188 valence electrons. The molecule has 3 aromatic rings. The zero-order chi connectivity index (χ0) is 26.2. The van der Waals surface area contributed by atoms with E-state index >= 15 is 0 Å². The van der Waals surface area contributed by atoms with E-state index in [1.807, 2.05) is 0 Å². The maximum atomic E-state index is 14.1. The number of carbonyl (C=O) groups is 1. The minimum atomic E-state index is -5.00. The molecule has 0 aliphatic carbocycles. The van der Waals surface area contributed by atoms with Crippen LogP contribution in [0.2, 0.25) is 5.02 Å². The van der Waals surface area contributed by atoms with E-state index in [-0.39, 0.29) is 33.0 Å². The first-order chi connectivity index (χ1) is 17.0. The van der Waals surface area contributed by atoms with Crippen LogP contribution in [0, 0.1) is 0 Å². The third kappa shape index (κ3) is 4.76. The maximum absolute atomic E-state index is 14.1. The Hall–Kier alpha value is -3.57. The number of hydrogen-bond donors (Lipinski definition) is 1. The molecule has 0 saturated heterocycles. The largest absolute Gasteiger partial charge is 0.504 e. The summed E-state index contributed by atoms with van der Waals surface area (Å²) in [6.45, 7) is 1.29. The summed E-state index contributed by atoms with van der Waals surface area (Å²) in [4.78, 5) is 29.7. The minimum Gasteiger partial charge on any atom is -0.504 e. The number of benzene rings is 2. The predicted octanol–water partition coefficient (Wildman–Crippen LogP) is 3.71. The molecule has 1 aliphatic rings. The Morgan fingerprint density at radius 2 is 1.94 bits per heavy atom. The van der Waals surface area contributed by atoms with Crippen LogP contribution in [-0.2, 0) is 9.53 Å². The number of halogens is 4. The molecule has 1 N–H and O–H groups in total. The third-order valence-corrected chi connectivity index (χ3v) is 6.52. The number of aromatic hydroxyl groups is 1. The molecule has 0 amide bonds. The first-order valence-electron chi connectivity index (χ1n) is 10.5. The molecule has 0 fully saturated rings. The zero-order valence-electron chi connectivity index (χ0n) is 18.8. The number of fused-ring (bicyclic) bond motifs is 1. The minimum absolute atomic E-state index is 0.0453. The lowest BCUT2D eigenvalue weighted by Crippen LogP contribution is -2.41. The van der Waals surface area contributed by atoms with Crippen molar-refractivity contribution in [2.24, 2.45) is 4.99 Å². The molecular formula is C24H18ClF3N2O5S. The fraction of sp³-hybridized carbons (Fsp3) is 0.208. The summed E-state index contributed by atoms with van der Waals surface area (Å²) in [5, 5.41) is 10.4. The van der Waals surface area contributed by atoms with Gasteiger partial charge in [-0.05, 0) is 48.4 Å². The number of carbonyl (C=O) groups excluding carboxylic acids is 1. The Morgan fingerprint density at radius 1 is 1.25 bits per heavy atom. The highest BCUT2D eigenvalue weighted by molar-refractivity contribution is 7.07. The second-order valence-corrected chi connectivity index (χ2v) is 8.99. The van der Waals surface area contributed by atoms with Gasteiger partial charge in [0, 0.05) is 5.02 Å². The number of rotatable bonds is 5. The normalized spacial score (nSPS) is 15.9. The number of alkyl halides is 3. The third-order valence-electron chi connectivity index (χ3n) is 5.28. The number of esters is 1. The van der Waals surface area contributed by atoms with Crippen LogP contribution in [0.3, 0.4) is 0 Å². The number of ether oxygens (including phenoxy) is 2. The lowest BCUT2D eigenvalue weighted by molar-refractivity contribution is -0.140. The standard InChI is InChI=1S/C24H18ClF3N2O5S/c1-3-35-22(33)18-19(13-5-7-14(25)8-6-13)30-21(32)17(36-23(30)29-20(18)24(26,27)28)11-12-4-9-16(34-2)15(31)10-12/h4-11,19,31H,3H2,1-2H3/b17-11-/t19-/m1/s1. The van der Waals surface area contributed by atoms with Gasteiger partial charge in [-0.1, -0.05) is 41.1 Å². The van der Waals surface area contributed by atoms with Gasteiger partial charge in [-0.15, -0.1) is 0 Å². The summed E-state index contributed by atoms with van der Waals surface area (Å²) < 4.78 is 53.3. The molecule has 1 aliphatic heterocycles. The van der Waals surface area contributed by atoms with Gasteiger partial charge >= 0.3 is 12.1 Å². The first-order valence-corrected chi connectivity index (χ1v) is 11.7. The van der Waals surface area contributed by atoms with Crippen LogP contribution in [0.4, 0.5) is 13.2 Å². The zero-order valence-corrected chi connectivity index (χ0v) is 20.4. The van der Waals surface area contributed by atoms with E-state index < -0.39 is 35.0 Å². The summed E-state index contributed by atoms with van der Waals surface area (Å²) in [7, 11) is 1.38. The lowest BCUT2D eigenvalue weighted by atomic mass is 9.95. The van der Waals surface area contributed by atoms with Crippen molar-refractivity contribution in [2.45, 2.75) is 19.1 Å². The van der Waals surface area contributed by atoms with Crippen LogP contribution < -0.4 is 19.6 Å². The number of thiazole rings is 1. The van der Waals surface area contributed by atoms with E-state index in [1.165, 1.54) is 56.5 Å². The van der Waals surface area contributed by atoms with Gasteiger partial charge in [0.2, 0.25) is 0 Å². The van der Waals surface area contributed by atoms with Crippen molar-refractivity contribution in [3.05, 3.63) is 89.6 Å². The monoisotopic (exact) mass is 538 g/mol. The van der Waals surface area contributed by atoms with Gasteiger partial charge < -0.3 is 14.6 Å². The number of allylic oxidation sites excluding steroid dienone is 1. The van der Waals surface area contributed by atoms with Crippen LogP contribution in [0.25, 0.3) is 6.08 Å². The van der Waals surface area contributed by atoms with E-state index in [2.05, 4.69) is 4.99 Å². The van der Waals surface area contributed by atoms with Crippen LogP contribution in [-0.4, -0.2) is 35.5 Å². The molecule has 36 heavy (non-hydrogen) atoms. The summed E-state index contributed by atoms with van der Waals surface area (Å²) in [5.41, 5.74) is -2.28. The Bertz CT molecular complexity index is 1540. The van der Waals surface area contributed by atoms with E-state index in [0.29, 0.717) is 10.6 Å². The topological polar surface area (TPSA) is 90.1 Å². The quantitative estimate of drug-likeness (QED) is 0.500. The molecule has 12 heteroatoms. The second kappa shape index (κ2) is 9.82. The number of phenols is 1. The molecule has 0 bridgehead atoms. The Balaban J connectivity index is 2.02. The molecular weight excluding hydrogens is 521 g/mol. The summed E-state index contributed by atoms with van der Waals surface area (Å²) in [6.07, 6.45) is -3.59. The van der Waals surface area contributed by atoms with Crippen molar-refractivity contribution in [2.75, 3.05) is 13.7 Å². The van der Waals surface area contributed by atoms with Crippen molar-refractivity contribution in [3.63, 3.8) is 0 Å². The molecule has 1 aromatic heterocycles. The number of phenolic OH excluding ortho intramolecular Hbond substituents is 1. The van der Waals surface area contributed by atoms with Crippen molar-refractivity contribution in [3.8, 4) is 11.5 Å². The first kappa shape index (κ1) is 25.5. The van der Waals surface area contributed by atoms with Crippen LogP contribution in [0.5, 0.6) is 11.5 Å². The highest BCUT2D eigenvalue weighted by Gasteiger charge is 2.45. The summed E-state index contributed by atoms with van der Waals surface area (Å²) in [6, 6.07) is 8.70. The van der Waals surface area contributed by atoms with Crippen molar-refractivity contribution in [1.82, 2.24) is 4.57 Å². The highest BCUT2D eigenvalue weighted by atomic mass is 35.5. The molecule has 0 unspecified atom stereocenters. The van der Waals surface area contributed by atoms with Crippen LogP contribution in [0.15, 0.2) is 63.5 Å². The number of hydrogen-bond acceptors (Lipinski definition) is 7. The van der Waals surface area contributed by atoms with Crippen molar-refractivity contribution >= 4 is 35.0 Å². The van der Waals surface area contributed by atoms with Crippen molar-refractivity contribution < 1.29 is 32.5 Å². The smallest absolute Gasteiger partial charge is 0.434 e. The molecule has 2 heterocycles. The molecule has 0 saturated carbocycles. The Morgan fingerprint density at radius 3 is 2.53 bits per heavy atom. The average Bonchev–Trinajstić information content (AvgIpc) is 3.13. The molecule has 0 radical (unpaired) electrons. The van der Waals surface area contributed by atoms with Crippen LogP contribution >= 0.6 is 22.9 Å². The fourth-order valence-electron chi connectivity index (χ4n) is 3.75. The van der Waals surface area contributed by atoms with Crippen molar-refractivity contribution in [1.29, 1.82) is 0 Å². The van der Waals surface area contributed by atoms with Gasteiger partial charge in [0.25, 0.3) is 5.56 Å². The average molecular weight is 539 g/mol. The van der Waals surface area contributed by atoms with E-state index in [4.69, 9.17) is 21.1 Å². The van der Waals surface area contributed by atoms with Gasteiger partial charge in [0.05, 0.1) is 29.9 Å². The summed E-state index contributed by atoms with van der Waals surface area (Å²) >= 11 is 6.68. The molecule has 2 aromatic carbocycles. The van der Waals surface area contributed by atoms with Gasteiger partial charge in [-0.3, -0.25) is 9.36 Å². The van der Waals surface area contributed by atoms with Gasteiger partial charge in [-0.25, -0.2) is 9.79 Å². The number of methoxy groups -OCH3 is 1. The highest BCUT2D eigenvalue weighted by Crippen LogP contribution is 2.38. The van der Waals surface area contributed by atoms with Crippen LogP contribution in [0.1, 0.15) is 24.1 Å². The molecule has 4 rings (SSSR count). The fourth-order valence-corrected chi connectivity index (χ4v) is 4.88. The summed E-state index contributed by atoms with van der Waals surface area (Å²) in [5.74, 6) is -1.20. The van der Waals surface area contributed by atoms with E-state index in [9.17, 15) is 27.9 Å². The molecule has 0 spiro atoms. The number of aromatic nitrogens is 1. The number of nitrogens with zero attached hydrogens (tertiary/aromatic N) is 2. The predicted molar refractivity (Wildman–Crippen MR) is 127 cm³/mol. The maximum Gasteiger partial charge on any atom is 0.434 e. The Kier molecular flexibility index (Phi) is 6.96. The molecule has 7 nitrogen and oxygen atoms in total. The lowest BCUT2D eigenvalue weighted by Gasteiger charge is -2.26. The second-order valence-electron chi connectivity index (χ2n) is 7.55. The van der Waals surface area contributed by atoms with Gasteiger partial charge in [-0.2, -0.15) is 13.2 Å². The van der Waals surface area contributed by atoms with E-state index in [1.54, 1.807) is 6.07 Å². The molecule has 1 atom stereocenters. The van der Waals surface area contributed by atoms with Gasteiger partial charge in [0.1, 0.15) is 0 Å².